The fourth-order valence-electron chi connectivity index (χ4n) is 3.12. The van der Waals surface area contributed by atoms with Gasteiger partial charge in [0.05, 0.1) is 11.8 Å². The molecule has 1 saturated carbocycles. The number of aromatic nitrogens is 2. The molecular formula is C17H18F4N4O. The molecule has 0 saturated heterocycles. The highest BCUT2D eigenvalue weighted by Crippen LogP contribution is 2.34. The van der Waals surface area contributed by atoms with Gasteiger partial charge in [0.1, 0.15) is 11.5 Å². The van der Waals surface area contributed by atoms with E-state index < -0.39 is 29.2 Å². The molecule has 1 amide bonds. The van der Waals surface area contributed by atoms with Crippen molar-refractivity contribution in [2.75, 3.05) is 0 Å². The van der Waals surface area contributed by atoms with Gasteiger partial charge in [0, 0.05) is 12.1 Å². The Morgan fingerprint density at radius 2 is 1.85 bits per heavy atom. The largest absolute Gasteiger partial charge is 0.434 e. The van der Waals surface area contributed by atoms with Gasteiger partial charge in [0.15, 0.2) is 5.69 Å². The summed E-state index contributed by atoms with van der Waals surface area (Å²) in [5.74, 6) is -1.74. The number of carbonyl (C=O) groups excluding carboxylic acids is 1. The molecule has 1 fully saturated rings. The standard InChI is InChI=1S/C17H18F4N4O/c18-13-3-1-2-4-14(13)25-15(17(19,20)21)12(9-23-25)16(26)24-11-7-5-10(22)6-8-11/h1-4,9-11H,5-8,22H2,(H,24,26). The Kier molecular flexibility index (Phi) is 4.99. The molecule has 0 spiro atoms. The zero-order valence-corrected chi connectivity index (χ0v) is 13.8. The molecule has 0 radical (unpaired) electrons. The maximum Gasteiger partial charge on any atom is 0.434 e. The summed E-state index contributed by atoms with van der Waals surface area (Å²) in [5, 5.41) is 6.22. The summed E-state index contributed by atoms with van der Waals surface area (Å²) in [6.45, 7) is 0. The van der Waals surface area contributed by atoms with E-state index in [0.717, 1.165) is 12.3 Å². The Labute approximate surface area is 147 Å². The highest BCUT2D eigenvalue weighted by atomic mass is 19.4. The minimum absolute atomic E-state index is 0.0534. The van der Waals surface area contributed by atoms with Crippen LogP contribution in [0, 0.1) is 5.82 Å². The van der Waals surface area contributed by atoms with Crippen molar-refractivity contribution in [2.24, 2.45) is 5.73 Å². The van der Waals surface area contributed by atoms with Crippen LogP contribution in [0.4, 0.5) is 17.6 Å². The van der Waals surface area contributed by atoms with Gasteiger partial charge < -0.3 is 11.1 Å². The lowest BCUT2D eigenvalue weighted by atomic mass is 9.91. The molecule has 2 aromatic rings. The average molecular weight is 370 g/mol. The number of nitrogens with one attached hydrogen (secondary N) is 1. The number of alkyl halides is 3. The predicted molar refractivity (Wildman–Crippen MR) is 86.2 cm³/mol. The van der Waals surface area contributed by atoms with Crippen LogP contribution in [0.1, 0.15) is 41.7 Å². The fourth-order valence-corrected chi connectivity index (χ4v) is 3.12. The fraction of sp³-hybridized carbons (Fsp3) is 0.412. The molecule has 9 heteroatoms. The van der Waals surface area contributed by atoms with Crippen LogP contribution in [0.15, 0.2) is 30.5 Å². The zero-order valence-electron chi connectivity index (χ0n) is 13.8. The molecule has 0 aliphatic heterocycles. The number of nitrogens with two attached hydrogens (primary N) is 1. The van der Waals surface area contributed by atoms with Crippen LogP contribution in [0.25, 0.3) is 5.69 Å². The summed E-state index contributed by atoms with van der Waals surface area (Å²) >= 11 is 0. The SMILES string of the molecule is NC1CCC(NC(=O)c2cnn(-c3ccccc3F)c2C(F)(F)F)CC1. The van der Waals surface area contributed by atoms with E-state index in [1.54, 1.807) is 0 Å². The summed E-state index contributed by atoms with van der Waals surface area (Å²) in [4.78, 5) is 12.4. The number of para-hydroxylation sites is 1. The van der Waals surface area contributed by atoms with Crippen LogP contribution in [0.5, 0.6) is 0 Å². The van der Waals surface area contributed by atoms with Gasteiger partial charge in [-0.25, -0.2) is 9.07 Å². The van der Waals surface area contributed by atoms with Crippen molar-refractivity contribution in [3.63, 3.8) is 0 Å². The quantitative estimate of drug-likeness (QED) is 0.816. The van der Waals surface area contributed by atoms with Crippen LogP contribution in [0.2, 0.25) is 0 Å². The van der Waals surface area contributed by atoms with Gasteiger partial charge >= 0.3 is 6.18 Å². The minimum Gasteiger partial charge on any atom is -0.349 e. The summed E-state index contributed by atoms with van der Waals surface area (Å²) in [6, 6.07) is 4.77. The van der Waals surface area contributed by atoms with E-state index in [4.69, 9.17) is 5.73 Å². The zero-order chi connectivity index (χ0) is 18.9. The van der Waals surface area contributed by atoms with Gasteiger partial charge in [0.2, 0.25) is 0 Å². The number of hydrogen-bond acceptors (Lipinski definition) is 3. The molecule has 5 nitrogen and oxygen atoms in total. The van der Waals surface area contributed by atoms with Crippen LogP contribution >= 0.6 is 0 Å². The molecular weight excluding hydrogens is 352 g/mol. The highest BCUT2D eigenvalue weighted by molar-refractivity contribution is 5.95. The lowest BCUT2D eigenvalue weighted by Gasteiger charge is -2.26. The first kappa shape index (κ1) is 18.4. The van der Waals surface area contributed by atoms with Gasteiger partial charge in [0.25, 0.3) is 5.91 Å². The normalized spacial score (nSPS) is 20.8. The van der Waals surface area contributed by atoms with Gasteiger partial charge in [-0.2, -0.15) is 18.3 Å². The molecule has 0 bridgehead atoms. The Morgan fingerprint density at radius 1 is 1.19 bits per heavy atom. The second kappa shape index (κ2) is 7.06. The number of amides is 1. The van der Waals surface area contributed by atoms with Crippen molar-refractivity contribution < 1.29 is 22.4 Å². The third-order valence-corrected chi connectivity index (χ3v) is 4.47. The third kappa shape index (κ3) is 3.72. The summed E-state index contributed by atoms with van der Waals surface area (Å²) in [7, 11) is 0. The second-order valence-electron chi connectivity index (χ2n) is 6.35. The van der Waals surface area contributed by atoms with E-state index in [0.29, 0.717) is 30.4 Å². The van der Waals surface area contributed by atoms with Crippen molar-refractivity contribution in [3.8, 4) is 5.69 Å². The van der Waals surface area contributed by atoms with Crippen LogP contribution in [-0.4, -0.2) is 27.8 Å². The van der Waals surface area contributed by atoms with Gasteiger partial charge in [-0.3, -0.25) is 4.79 Å². The average Bonchev–Trinajstić information content (AvgIpc) is 3.02. The van der Waals surface area contributed by atoms with Crippen molar-refractivity contribution >= 4 is 5.91 Å². The molecule has 3 rings (SSSR count). The molecule has 1 aliphatic rings. The Balaban J connectivity index is 1.93. The molecule has 0 atom stereocenters. The van der Waals surface area contributed by atoms with E-state index >= 15 is 0 Å². The summed E-state index contributed by atoms with van der Waals surface area (Å²) in [6.07, 6.45) is -1.44. The number of rotatable bonds is 3. The Morgan fingerprint density at radius 3 is 2.46 bits per heavy atom. The maximum absolute atomic E-state index is 13.9. The second-order valence-corrected chi connectivity index (χ2v) is 6.35. The van der Waals surface area contributed by atoms with Crippen LogP contribution in [-0.2, 0) is 6.18 Å². The Hall–Kier alpha value is -2.42. The molecule has 26 heavy (non-hydrogen) atoms. The lowest BCUT2D eigenvalue weighted by Crippen LogP contribution is -2.41. The molecule has 140 valence electrons. The molecule has 1 aliphatic carbocycles. The van der Waals surface area contributed by atoms with Crippen molar-refractivity contribution in [1.82, 2.24) is 15.1 Å². The Bertz CT molecular complexity index is 794. The number of halogens is 4. The van der Waals surface area contributed by atoms with E-state index in [1.807, 2.05) is 0 Å². The van der Waals surface area contributed by atoms with Gasteiger partial charge in [-0.15, -0.1) is 0 Å². The maximum atomic E-state index is 13.9. The monoisotopic (exact) mass is 370 g/mol. The van der Waals surface area contributed by atoms with Crippen molar-refractivity contribution in [1.29, 1.82) is 0 Å². The topological polar surface area (TPSA) is 72.9 Å². The van der Waals surface area contributed by atoms with Gasteiger partial charge in [-0.05, 0) is 37.8 Å². The first-order chi connectivity index (χ1) is 12.3. The number of carbonyl (C=O) groups is 1. The first-order valence-electron chi connectivity index (χ1n) is 8.24. The van der Waals surface area contributed by atoms with Crippen molar-refractivity contribution in [3.05, 3.63) is 47.5 Å². The smallest absolute Gasteiger partial charge is 0.349 e. The molecule has 1 aromatic heterocycles. The predicted octanol–water partition coefficient (Wildman–Crippen LogP) is 3.03. The summed E-state index contributed by atoms with van der Waals surface area (Å²) in [5.41, 5.74) is 3.49. The van der Waals surface area contributed by atoms with E-state index in [1.165, 1.54) is 18.2 Å². The number of nitrogens with zero attached hydrogens (tertiary/aromatic N) is 2. The van der Waals surface area contributed by atoms with Gasteiger partial charge in [-0.1, -0.05) is 12.1 Å². The van der Waals surface area contributed by atoms with E-state index in [2.05, 4.69) is 10.4 Å². The van der Waals surface area contributed by atoms with E-state index in [-0.39, 0.29) is 17.8 Å². The summed E-state index contributed by atoms with van der Waals surface area (Å²) < 4.78 is 55.1. The molecule has 3 N–H and O–H groups in total. The van der Waals surface area contributed by atoms with E-state index in [9.17, 15) is 22.4 Å². The highest BCUT2D eigenvalue weighted by Gasteiger charge is 2.41. The minimum atomic E-state index is -4.87. The van der Waals surface area contributed by atoms with Crippen molar-refractivity contribution in [2.45, 2.75) is 43.9 Å². The third-order valence-electron chi connectivity index (χ3n) is 4.47. The molecule has 1 heterocycles. The lowest BCUT2D eigenvalue weighted by molar-refractivity contribution is -0.143. The van der Waals surface area contributed by atoms with Crippen LogP contribution in [0.3, 0.4) is 0 Å². The first-order valence-corrected chi connectivity index (χ1v) is 8.24. The molecule has 0 unspecified atom stereocenters. The number of benzene rings is 1. The number of hydrogen-bond donors (Lipinski definition) is 2. The molecule has 1 aromatic carbocycles. The van der Waals surface area contributed by atoms with Crippen LogP contribution < -0.4 is 11.1 Å².